The van der Waals surface area contributed by atoms with E-state index in [1.165, 1.54) is 25.0 Å². The van der Waals surface area contributed by atoms with Gasteiger partial charge in [0.15, 0.2) is 0 Å². The van der Waals surface area contributed by atoms with Gasteiger partial charge in [-0.3, -0.25) is 4.68 Å². The van der Waals surface area contributed by atoms with Crippen LogP contribution >= 0.6 is 0 Å². The van der Waals surface area contributed by atoms with E-state index in [4.69, 9.17) is 0 Å². The standard InChI is InChI=1S/C10H9FN2/c11-8-1-4-10-7(5-8)6-13(12-10)9-2-3-9/h1,4-6,9H,2-3H2. The van der Waals surface area contributed by atoms with Gasteiger partial charge in [0.25, 0.3) is 0 Å². The fourth-order valence-corrected chi connectivity index (χ4v) is 1.54. The smallest absolute Gasteiger partial charge is 0.124 e. The molecule has 1 saturated carbocycles. The zero-order valence-electron chi connectivity index (χ0n) is 7.07. The Morgan fingerprint density at radius 3 is 3.00 bits per heavy atom. The highest BCUT2D eigenvalue weighted by Crippen LogP contribution is 2.35. The Hall–Kier alpha value is -1.38. The average Bonchev–Trinajstić information content (AvgIpc) is 2.87. The van der Waals surface area contributed by atoms with Crippen molar-refractivity contribution >= 4 is 10.9 Å². The van der Waals surface area contributed by atoms with E-state index in [-0.39, 0.29) is 5.82 Å². The lowest BCUT2D eigenvalue weighted by Gasteiger charge is -1.91. The number of benzene rings is 1. The van der Waals surface area contributed by atoms with Gasteiger partial charge in [-0.25, -0.2) is 4.39 Å². The molecule has 1 aliphatic carbocycles. The van der Waals surface area contributed by atoms with Gasteiger partial charge in [-0.15, -0.1) is 0 Å². The molecule has 0 saturated heterocycles. The molecule has 0 amide bonds. The number of rotatable bonds is 1. The number of hydrogen-bond donors (Lipinski definition) is 0. The molecule has 2 nitrogen and oxygen atoms in total. The van der Waals surface area contributed by atoms with Gasteiger partial charge in [0, 0.05) is 11.6 Å². The predicted molar refractivity (Wildman–Crippen MR) is 48.0 cm³/mol. The van der Waals surface area contributed by atoms with Crippen molar-refractivity contribution in [3.8, 4) is 0 Å². The van der Waals surface area contributed by atoms with Crippen molar-refractivity contribution < 1.29 is 4.39 Å². The zero-order valence-corrected chi connectivity index (χ0v) is 7.07. The maximum absolute atomic E-state index is 12.8. The van der Waals surface area contributed by atoms with E-state index in [1.54, 1.807) is 6.07 Å². The maximum atomic E-state index is 12.8. The minimum absolute atomic E-state index is 0.192. The summed E-state index contributed by atoms with van der Waals surface area (Å²) >= 11 is 0. The van der Waals surface area contributed by atoms with Gasteiger partial charge in [0.2, 0.25) is 0 Å². The van der Waals surface area contributed by atoms with Crippen LogP contribution in [0.2, 0.25) is 0 Å². The van der Waals surface area contributed by atoms with Crippen LogP contribution in [0.5, 0.6) is 0 Å². The first-order chi connectivity index (χ1) is 6.33. The van der Waals surface area contributed by atoms with Crippen molar-refractivity contribution in [3.63, 3.8) is 0 Å². The van der Waals surface area contributed by atoms with Crippen LogP contribution < -0.4 is 0 Å². The first-order valence-corrected chi connectivity index (χ1v) is 4.47. The Kier molecular flexibility index (Phi) is 1.26. The highest BCUT2D eigenvalue weighted by Gasteiger charge is 2.24. The van der Waals surface area contributed by atoms with Crippen LogP contribution in [0.25, 0.3) is 10.9 Å². The van der Waals surface area contributed by atoms with Crippen LogP contribution in [0.4, 0.5) is 4.39 Å². The Balaban J connectivity index is 2.20. The van der Waals surface area contributed by atoms with Crippen molar-refractivity contribution in [1.29, 1.82) is 0 Å². The van der Waals surface area contributed by atoms with E-state index in [0.29, 0.717) is 6.04 Å². The minimum Gasteiger partial charge on any atom is -0.268 e. The van der Waals surface area contributed by atoms with Crippen LogP contribution in [0, 0.1) is 5.82 Å². The number of halogens is 1. The minimum atomic E-state index is -0.192. The third kappa shape index (κ3) is 1.11. The summed E-state index contributed by atoms with van der Waals surface area (Å²) in [5, 5.41) is 5.26. The lowest BCUT2D eigenvalue weighted by Crippen LogP contribution is -1.92. The molecule has 1 aromatic carbocycles. The topological polar surface area (TPSA) is 17.8 Å². The maximum Gasteiger partial charge on any atom is 0.124 e. The second kappa shape index (κ2) is 2.31. The molecule has 1 heterocycles. The summed E-state index contributed by atoms with van der Waals surface area (Å²) in [7, 11) is 0. The molecule has 1 aromatic heterocycles. The van der Waals surface area contributed by atoms with E-state index in [0.717, 1.165) is 10.9 Å². The van der Waals surface area contributed by atoms with Crippen LogP contribution in [-0.2, 0) is 0 Å². The molecule has 0 spiro atoms. The van der Waals surface area contributed by atoms with Gasteiger partial charge < -0.3 is 0 Å². The van der Waals surface area contributed by atoms with Crippen molar-refractivity contribution in [2.24, 2.45) is 0 Å². The third-order valence-corrected chi connectivity index (χ3v) is 2.41. The summed E-state index contributed by atoms with van der Waals surface area (Å²) in [6, 6.07) is 5.27. The predicted octanol–water partition coefficient (Wildman–Crippen LogP) is 2.51. The van der Waals surface area contributed by atoms with Gasteiger partial charge >= 0.3 is 0 Å². The van der Waals surface area contributed by atoms with Crippen LogP contribution in [-0.4, -0.2) is 9.78 Å². The molecule has 0 unspecified atom stereocenters. The quantitative estimate of drug-likeness (QED) is 0.652. The van der Waals surface area contributed by atoms with E-state index >= 15 is 0 Å². The largest absolute Gasteiger partial charge is 0.268 e. The highest BCUT2D eigenvalue weighted by atomic mass is 19.1. The summed E-state index contributed by atoms with van der Waals surface area (Å²) < 4.78 is 14.8. The van der Waals surface area contributed by atoms with Crippen LogP contribution in [0.15, 0.2) is 24.4 Å². The summed E-state index contributed by atoms with van der Waals surface area (Å²) in [6.45, 7) is 0. The summed E-state index contributed by atoms with van der Waals surface area (Å²) in [4.78, 5) is 0. The van der Waals surface area contributed by atoms with E-state index in [2.05, 4.69) is 5.10 Å². The Labute approximate surface area is 75.0 Å². The molecule has 3 rings (SSSR count). The molecule has 0 radical (unpaired) electrons. The molecule has 0 aliphatic heterocycles. The summed E-state index contributed by atoms with van der Waals surface area (Å²) in [6.07, 6.45) is 4.34. The van der Waals surface area contributed by atoms with E-state index < -0.39 is 0 Å². The van der Waals surface area contributed by atoms with Gasteiger partial charge in [-0.1, -0.05) is 0 Å². The monoisotopic (exact) mass is 176 g/mol. The van der Waals surface area contributed by atoms with Gasteiger partial charge in [0.05, 0.1) is 11.6 Å². The summed E-state index contributed by atoms with van der Waals surface area (Å²) in [5.41, 5.74) is 0.883. The first-order valence-electron chi connectivity index (χ1n) is 4.47. The highest BCUT2D eigenvalue weighted by molar-refractivity contribution is 5.77. The molecule has 0 N–H and O–H groups in total. The fourth-order valence-electron chi connectivity index (χ4n) is 1.54. The van der Waals surface area contributed by atoms with Gasteiger partial charge in [-0.05, 0) is 31.0 Å². The third-order valence-electron chi connectivity index (χ3n) is 2.41. The summed E-state index contributed by atoms with van der Waals surface area (Å²) in [5.74, 6) is -0.192. The number of aromatic nitrogens is 2. The van der Waals surface area contributed by atoms with Gasteiger partial charge in [0.1, 0.15) is 5.82 Å². The van der Waals surface area contributed by atoms with Crippen LogP contribution in [0.1, 0.15) is 18.9 Å². The number of nitrogens with zero attached hydrogens (tertiary/aromatic N) is 2. The average molecular weight is 176 g/mol. The normalized spacial score (nSPS) is 16.7. The van der Waals surface area contributed by atoms with Crippen molar-refractivity contribution in [3.05, 3.63) is 30.2 Å². The molecule has 66 valence electrons. The lowest BCUT2D eigenvalue weighted by molar-refractivity contribution is 0.630. The SMILES string of the molecule is Fc1ccc2nn(C3CC3)cc2c1. The fraction of sp³-hybridized carbons (Fsp3) is 0.300. The first kappa shape index (κ1) is 7.06. The van der Waals surface area contributed by atoms with Crippen molar-refractivity contribution in [1.82, 2.24) is 9.78 Å². The van der Waals surface area contributed by atoms with Crippen molar-refractivity contribution in [2.45, 2.75) is 18.9 Å². The Bertz CT molecular complexity index is 457. The molecule has 1 fully saturated rings. The van der Waals surface area contributed by atoms with Crippen LogP contribution in [0.3, 0.4) is 0 Å². The molecule has 0 bridgehead atoms. The zero-order chi connectivity index (χ0) is 8.84. The van der Waals surface area contributed by atoms with E-state index in [1.807, 2.05) is 10.9 Å². The molecular weight excluding hydrogens is 167 g/mol. The van der Waals surface area contributed by atoms with Gasteiger partial charge in [-0.2, -0.15) is 5.10 Å². The molecule has 3 heteroatoms. The van der Waals surface area contributed by atoms with E-state index in [9.17, 15) is 4.39 Å². The molecule has 2 aromatic rings. The molecular formula is C10H9FN2. The molecule has 13 heavy (non-hydrogen) atoms. The number of fused-ring (bicyclic) bond motifs is 1. The van der Waals surface area contributed by atoms with Crippen molar-refractivity contribution in [2.75, 3.05) is 0 Å². The Morgan fingerprint density at radius 1 is 1.38 bits per heavy atom. The Morgan fingerprint density at radius 2 is 2.23 bits per heavy atom. The number of hydrogen-bond acceptors (Lipinski definition) is 1. The molecule has 0 atom stereocenters. The second-order valence-electron chi connectivity index (χ2n) is 3.54. The lowest BCUT2D eigenvalue weighted by atomic mass is 10.2. The molecule has 1 aliphatic rings. The second-order valence-corrected chi connectivity index (χ2v) is 3.54.